The van der Waals surface area contributed by atoms with Crippen molar-refractivity contribution in [2.75, 3.05) is 5.32 Å². The zero-order valence-corrected chi connectivity index (χ0v) is 19.1. The van der Waals surface area contributed by atoms with E-state index in [1.54, 1.807) is 12.3 Å². The quantitative estimate of drug-likeness (QED) is 0.492. The molecule has 2 N–H and O–H groups in total. The Balaban J connectivity index is 2.12. The number of aliphatic carboxylic acids is 1. The van der Waals surface area contributed by atoms with Gasteiger partial charge in [-0.2, -0.15) is 0 Å². The molecule has 2 atom stereocenters. The molecule has 0 radical (unpaired) electrons. The van der Waals surface area contributed by atoms with Gasteiger partial charge in [0.25, 0.3) is 0 Å². The van der Waals surface area contributed by atoms with Gasteiger partial charge < -0.3 is 10.4 Å². The summed E-state index contributed by atoms with van der Waals surface area (Å²) in [5, 5.41) is 14.9. The number of aromatic nitrogens is 1. The van der Waals surface area contributed by atoms with Crippen molar-refractivity contribution in [1.29, 1.82) is 0 Å². The summed E-state index contributed by atoms with van der Waals surface area (Å²) in [6, 6.07) is 5.76. The van der Waals surface area contributed by atoms with Gasteiger partial charge in [-0.1, -0.05) is 63.4 Å². The second kappa shape index (κ2) is 8.01. The van der Waals surface area contributed by atoms with E-state index in [-0.39, 0.29) is 5.92 Å². The Bertz CT molecular complexity index is 1030. The number of carbonyl (C=O) groups excluding carboxylic acids is 1. The third-order valence-corrected chi connectivity index (χ3v) is 7.44. The molecule has 1 heterocycles. The summed E-state index contributed by atoms with van der Waals surface area (Å²) >= 11 is 12.8. The normalized spacial score (nSPS) is 19.3. The molecule has 1 aliphatic carbocycles. The number of carboxylic acids is 1. The molecular formula is C21H22N2O3S3. The molecule has 1 amide bonds. The van der Waals surface area contributed by atoms with Crippen LogP contribution in [0.1, 0.15) is 55.5 Å². The van der Waals surface area contributed by atoms with Crippen LogP contribution < -0.4 is 5.32 Å². The molecule has 29 heavy (non-hydrogen) atoms. The van der Waals surface area contributed by atoms with E-state index < -0.39 is 23.2 Å². The van der Waals surface area contributed by atoms with Gasteiger partial charge in [0.05, 0.1) is 11.1 Å². The number of fused-ring (bicyclic) bond motifs is 1. The lowest BCUT2D eigenvalue weighted by molar-refractivity contribution is -0.147. The minimum absolute atomic E-state index is 0.189. The first-order chi connectivity index (χ1) is 13.6. The number of anilines is 1. The Morgan fingerprint density at radius 3 is 2.48 bits per heavy atom. The van der Waals surface area contributed by atoms with Crippen molar-refractivity contribution in [2.24, 2.45) is 11.3 Å². The van der Waals surface area contributed by atoms with Crippen molar-refractivity contribution < 1.29 is 14.7 Å². The molecule has 0 spiro atoms. The number of thiocarbonyl (C=S) groups is 2. The number of aryl methyl sites for hydroxylation is 1. The Morgan fingerprint density at radius 2 is 1.97 bits per heavy atom. The van der Waals surface area contributed by atoms with Crippen molar-refractivity contribution >= 4 is 62.5 Å². The van der Waals surface area contributed by atoms with Gasteiger partial charge in [0.1, 0.15) is 0 Å². The molecule has 2 aromatic rings. The standard InChI is InChI=1S/C21H22N2O3S3/c1-5-21(15(19(25)26)18(24)23-20-22-11(4)9-29-20)16(27)13-8-6-7-12(10(2)3)14(13)17(21)28/h6-10,15H,5H2,1-4H3,(H,25,26)(H,22,23,24). The van der Waals surface area contributed by atoms with E-state index in [9.17, 15) is 14.7 Å². The minimum atomic E-state index is -1.44. The molecule has 3 rings (SSSR count). The molecule has 0 bridgehead atoms. The number of benzene rings is 1. The van der Waals surface area contributed by atoms with Crippen LogP contribution in [-0.4, -0.2) is 31.7 Å². The van der Waals surface area contributed by atoms with Crippen LogP contribution in [0.3, 0.4) is 0 Å². The zero-order valence-electron chi connectivity index (χ0n) is 16.6. The van der Waals surface area contributed by atoms with Crippen LogP contribution in [0.5, 0.6) is 0 Å². The summed E-state index contributed by atoms with van der Waals surface area (Å²) in [5.41, 5.74) is 2.12. The zero-order chi connectivity index (χ0) is 21.5. The SMILES string of the molecule is CCC1(C(C(=O)O)C(=O)Nc2nc(C)cs2)C(=S)c2cccc(C(C)C)c2C1=S. The average molecular weight is 447 g/mol. The smallest absolute Gasteiger partial charge is 0.317 e. The molecule has 0 saturated heterocycles. The van der Waals surface area contributed by atoms with Crippen LogP contribution in [0.15, 0.2) is 23.6 Å². The number of nitrogens with zero attached hydrogens (tertiary/aromatic N) is 1. The maximum absolute atomic E-state index is 13.1. The Hall–Kier alpha value is -2.03. The highest BCUT2D eigenvalue weighted by Crippen LogP contribution is 2.49. The second-order valence-electron chi connectivity index (χ2n) is 7.46. The summed E-state index contributed by atoms with van der Waals surface area (Å²) in [6.07, 6.45) is 0.318. The van der Waals surface area contributed by atoms with E-state index >= 15 is 0 Å². The Kier molecular flexibility index (Phi) is 5.98. The van der Waals surface area contributed by atoms with E-state index in [0.29, 0.717) is 21.3 Å². The third kappa shape index (κ3) is 3.43. The summed E-state index contributed by atoms with van der Waals surface area (Å²) in [6.45, 7) is 7.74. The van der Waals surface area contributed by atoms with Crippen molar-refractivity contribution in [3.63, 3.8) is 0 Å². The first-order valence-electron chi connectivity index (χ1n) is 9.33. The number of nitrogens with one attached hydrogen (secondary N) is 1. The van der Waals surface area contributed by atoms with E-state index in [1.807, 2.05) is 25.1 Å². The predicted octanol–water partition coefficient (Wildman–Crippen LogP) is 4.76. The van der Waals surface area contributed by atoms with Crippen LogP contribution in [0, 0.1) is 18.3 Å². The number of thiazole rings is 1. The molecular weight excluding hydrogens is 424 g/mol. The lowest BCUT2D eigenvalue weighted by atomic mass is 9.69. The van der Waals surface area contributed by atoms with Crippen molar-refractivity contribution in [1.82, 2.24) is 4.98 Å². The van der Waals surface area contributed by atoms with Gasteiger partial charge in [-0.3, -0.25) is 9.59 Å². The second-order valence-corrected chi connectivity index (χ2v) is 9.14. The summed E-state index contributed by atoms with van der Waals surface area (Å²) < 4.78 is 0. The fraction of sp³-hybridized carbons (Fsp3) is 0.381. The fourth-order valence-corrected chi connectivity index (χ4v) is 5.87. The highest BCUT2D eigenvalue weighted by atomic mass is 32.1. The molecule has 0 saturated carbocycles. The van der Waals surface area contributed by atoms with Crippen molar-refractivity contribution in [3.8, 4) is 0 Å². The topological polar surface area (TPSA) is 79.3 Å². The van der Waals surface area contributed by atoms with Crippen LogP contribution in [0.25, 0.3) is 0 Å². The van der Waals surface area contributed by atoms with E-state index in [0.717, 1.165) is 22.4 Å². The molecule has 0 fully saturated rings. The van der Waals surface area contributed by atoms with E-state index in [2.05, 4.69) is 24.1 Å². The number of rotatable bonds is 6. The lowest BCUT2D eigenvalue weighted by Gasteiger charge is -2.33. The van der Waals surface area contributed by atoms with Crippen LogP contribution >= 0.6 is 35.8 Å². The van der Waals surface area contributed by atoms with Crippen LogP contribution in [0.2, 0.25) is 0 Å². The minimum Gasteiger partial charge on any atom is -0.481 e. The molecule has 1 aliphatic rings. The average Bonchev–Trinajstić information content (AvgIpc) is 3.16. The molecule has 152 valence electrons. The van der Waals surface area contributed by atoms with Gasteiger partial charge in [-0.05, 0) is 30.4 Å². The van der Waals surface area contributed by atoms with Gasteiger partial charge >= 0.3 is 5.97 Å². The number of amides is 1. The number of hydrogen-bond donors (Lipinski definition) is 2. The Labute approximate surface area is 184 Å². The fourth-order valence-electron chi connectivity index (χ4n) is 3.98. The van der Waals surface area contributed by atoms with E-state index in [4.69, 9.17) is 24.4 Å². The highest BCUT2D eigenvalue weighted by Gasteiger charge is 2.57. The largest absolute Gasteiger partial charge is 0.481 e. The lowest BCUT2D eigenvalue weighted by Crippen LogP contribution is -2.49. The maximum atomic E-state index is 13.1. The van der Waals surface area contributed by atoms with Gasteiger partial charge in [-0.15, -0.1) is 11.3 Å². The van der Waals surface area contributed by atoms with Crippen LogP contribution in [-0.2, 0) is 9.59 Å². The predicted molar refractivity (Wildman–Crippen MR) is 123 cm³/mol. The van der Waals surface area contributed by atoms with Crippen molar-refractivity contribution in [2.45, 2.75) is 40.0 Å². The number of carbonyl (C=O) groups is 2. The molecule has 1 aromatic heterocycles. The van der Waals surface area contributed by atoms with Gasteiger partial charge in [-0.25, -0.2) is 4.98 Å². The van der Waals surface area contributed by atoms with Gasteiger partial charge in [0.2, 0.25) is 5.91 Å². The Morgan fingerprint density at radius 1 is 1.28 bits per heavy atom. The first-order valence-corrected chi connectivity index (χ1v) is 11.0. The molecule has 1 aromatic carbocycles. The van der Waals surface area contributed by atoms with E-state index in [1.165, 1.54) is 11.3 Å². The summed E-state index contributed by atoms with van der Waals surface area (Å²) in [5.74, 6) is -3.16. The molecule has 2 unspecified atom stereocenters. The van der Waals surface area contributed by atoms with Gasteiger partial charge in [0, 0.05) is 20.7 Å². The molecule has 8 heteroatoms. The maximum Gasteiger partial charge on any atom is 0.317 e. The monoisotopic (exact) mass is 446 g/mol. The first kappa shape index (κ1) is 21.7. The van der Waals surface area contributed by atoms with Gasteiger partial charge in [0.15, 0.2) is 11.0 Å². The summed E-state index contributed by atoms with van der Waals surface area (Å²) in [4.78, 5) is 30.6. The highest BCUT2D eigenvalue weighted by molar-refractivity contribution is 7.83. The van der Waals surface area contributed by atoms with Crippen LogP contribution in [0.4, 0.5) is 5.13 Å². The summed E-state index contributed by atoms with van der Waals surface area (Å²) in [7, 11) is 0. The third-order valence-electron chi connectivity index (χ3n) is 5.41. The molecule has 0 aliphatic heterocycles. The number of carboxylic acid groups (broad SMARTS) is 1. The molecule has 5 nitrogen and oxygen atoms in total. The number of hydrogen-bond acceptors (Lipinski definition) is 6. The van der Waals surface area contributed by atoms with Crippen molar-refractivity contribution in [3.05, 3.63) is 46.0 Å².